The fourth-order valence-electron chi connectivity index (χ4n) is 2.93. The summed E-state index contributed by atoms with van der Waals surface area (Å²) in [5, 5.41) is 3.64. The van der Waals surface area contributed by atoms with Crippen LogP contribution in [0.15, 0.2) is 12.1 Å². The van der Waals surface area contributed by atoms with Crippen LogP contribution in [0.25, 0.3) is 0 Å². The Balaban J connectivity index is 2.43. The minimum absolute atomic E-state index is 0.0916. The topological polar surface area (TPSA) is 24.5 Å². The van der Waals surface area contributed by atoms with E-state index >= 15 is 0 Å². The number of likely N-dealkylation sites (N-methyl/N-ethyl adjacent to an activating group) is 1. The Morgan fingerprint density at radius 1 is 1.30 bits per heavy atom. The average molecular weight is 276 g/mol. The molecule has 3 heteroatoms. The third kappa shape index (κ3) is 3.15. The van der Waals surface area contributed by atoms with Gasteiger partial charge in [0.15, 0.2) is 0 Å². The van der Waals surface area contributed by atoms with E-state index in [4.69, 9.17) is 4.74 Å². The van der Waals surface area contributed by atoms with E-state index < -0.39 is 0 Å². The number of nitrogens with zero attached hydrogens (tertiary/aromatic N) is 1. The molecule has 0 amide bonds. The summed E-state index contributed by atoms with van der Waals surface area (Å²) in [6.07, 6.45) is 0. The van der Waals surface area contributed by atoms with E-state index in [1.165, 1.54) is 16.7 Å². The molecule has 1 aliphatic heterocycles. The second-order valence-electron chi connectivity index (χ2n) is 6.93. The van der Waals surface area contributed by atoms with E-state index in [1.807, 2.05) is 0 Å². The molecule has 3 nitrogen and oxygen atoms in total. The molecule has 0 bridgehead atoms. The van der Waals surface area contributed by atoms with E-state index in [9.17, 15) is 0 Å². The Kier molecular flexibility index (Phi) is 4.40. The number of methoxy groups -OCH3 is 1. The summed E-state index contributed by atoms with van der Waals surface area (Å²) in [4.78, 5) is 2.39. The number of piperazine rings is 1. The molecule has 0 spiro atoms. The van der Waals surface area contributed by atoms with Crippen LogP contribution in [0.4, 0.5) is 0 Å². The van der Waals surface area contributed by atoms with Crippen LogP contribution in [0.2, 0.25) is 0 Å². The molecule has 0 saturated carbocycles. The number of hydrogen-bond donors (Lipinski definition) is 1. The Morgan fingerprint density at radius 2 is 2.00 bits per heavy atom. The summed E-state index contributed by atoms with van der Waals surface area (Å²) in [6.45, 7) is 12.1. The van der Waals surface area contributed by atoms with Gasteiger partial charge in [-0.2, -0.15) is 0 Å². The molecule has 1 N–H and O–H groups in total. The second kappa shape index (κ2) is 5.74. The fraction of sp³-hybridized carbons (Fsp3) is 0.647. The SMILES string of the molecule is COc1cc(C)c(C2CN(C)CCN2)cc1C(C)(C)C. The van der Waals surface area contributed by atoms with Crippen LogP contribution >= 0.6 is 0 Å². The van der Waals surface area contributed by atoms with Crippen molar-refractivity contribution >= 4 is 0 Å². The van der Waals surface area contributed by atoms with E-state index in [2.05, 4.69) is 57.1 Å². The summed E-state index contributed by atoms with van der Waals surface area (Å²) in [7, 11) is 3.95. The molecular weight excluding hydrogens is 248 g/mol. The van der Waals surface area contributed by atoms with E-state index in [0.29, 0.717) is 6.04 Å². The van der Waals surface area contributed by atoms with Gasteiger partial charge in [0.1, 0.15) is 5.75 Å². The number of aryl methyl sites for hydroxylation is 1. The average Bonchev–Trinajstić information content (AvgIpc) is 2.36. The first kappa shape index (κ1) is 15.3. The lowest BCUT2D eigenvalue weighted by molar-refractivity contribution is 0.240. The molecule has 0 aliphatic carbocycles. The standard InChI is InChI=1S/C17H28N2O/c1-12-9-16(20-6)14(17(2,3)4)10-13(12)15-11-19(5)8-7-18-15/h9-10,15,18H,7-8,11H2,1-6H3. The van der Waals surface area contributed by atoms with Crippen molar-refractivity contribution < 1.29 is 4.74 Å². The predicted octanol–water partition coefficient (Wildman–Crippen LogP) is 2.88. The molecule has 1 unspecified atom stereocenters. The number of ether oxygens (including phenoxy) is 1. The fourth-order valence-corrected chi connectivity index (χ4v) is 2.93. The van der Waals surface area contributed by atoms with Crippen LogP contribution in [0.5, 0.6) is 5.75 Å². The van der Waals surface area contributed by atoms with E-state index in [1.54, 1.807) is 7.11 Å². The van der Waals surface area contributed by atoms with Gasteiger partial charge in [-0.25, -0.2) is 0 Å². The first-order valence-corrected chi connectivity index (χ1v) is 7.44. The van der Waals surface area contributed by atoms with Gasteiger partial charge in [-0.05, 0) is 48.2 Å². The van der Waals surface area contributed by atoms with Crippen LogP contribution < -0.4 is 10.1 Å². The lowest BCUT2D eigenvalue weighted by Crippen LogP contribution is -2.44. The highest BCUT2D eigenvalue weighted by atomic mass is 16.5. The molecule has 1 saturated heterocycles. The molecule has 20 heavy (non-hydrogen) atoms. The Hall–Kier alpha value is -1.06. The largest absolute Gasteiger partial charge is 0.496 e. The monoisotopic (exact) mass is 276 g/mol. The number of hydrogen-bond acceptors (Lipinski definition) is 3. The minimum atomic E-state index is 0.0916. The van der Waals surface area contributed by atoms with Crippen molar-refractivity contribution in [3.05, 3.63) is 28.8 Å². The maximum absolute atomic E-state index is 5.59. The maximum atomic E-state index is 5.59. The highest BCUT2D eigenvalue weighted by molar-refractivity contribution is 5.47. The number of nitrogens with one attached hydrogen (secondary N) is 1. The van der Waals surface area contributed by atoms with Crippen molar-refractivity contribution in [2.75, 3.05) is 33.8 Å². The zero-order chi connectivity index (χ0) is 14.9. The van der Waals surface area contributed by atoms with Gasteiger partial charge in [-0.15, -0.1) is 0 Å². The molecule has 2 rings (SSSR count). The van der Waals surface area contributed by atoms with Gasteiger partial charge >= 0.3 is 0 Å². The van der Waals surface area contributed by atoms with E-state index in [0.717, 1.165) is 25.4 Å². The lowest BCUT2D eigenvalue weighted by Gasteiger charge is -2.33. The molecule has 0 aromatic heterocycles. The second-order valence-corrected chi connectivity index (χ2v) is 6.93. The van der Waals surface area contributed by atoms with Crippen molar-refractivity contribution in [1.29, 1.82) is 0 Å². The van der Waals surface area contributed by atoms with Gasteiger partial charge in [-0.3, -0.25) is 0 Å². The quantitative estimate of drug-likeness (QED) is 0.899. The summed E-state index contributed by atoms with van der Waals surface area (Å²) in [5.74, 6) is 1.00. The number of benzene rings is 1. The Morgan fingerprint density at radius 3 is 2.55 bits per heavy atom. The van der Waals surface area contributed by atoms with E-state index in [-0.39, 0.29) is 5.41 Å². The molecule has 1 aromatic carbocycles. The van der Waals surface area contributed by atoms with Crippen molar-refractivity contribution in [3.8, 4) is 5.75 Å². The van der Waals surface area contributed by atoms with Crippen LogP contribution in [0.3, 0.4) is 0 Å². The first-order valence-electron chi connectivity index (χ1n) is 7.44. The zero-order valence-electron chi connectivity index (χ0n) is 13.7. The molecule has 1 atom stereocenters. The molecule has 112 valence electrons. The van der Waals surface area contributed by atoms with Crippen molar-refractivity contribution in [3.63, 3.8) is 0 Å². The van der Waals surface area contributed by atoms with Crippen LogP contribution in [-0.2, 0) is 5.41 Å². The van der Waals surface area contributed by atoms with Crippen LogP contribution in [0, 0.1) is 6.92 Å². The summed E-state index contributed by atoms with van der Waals surface area (Å²) in [5.41, 5.74) is 4.09. The zero-order valence-corrected chi connectivity index (χ0v) is 13.7. The van der Waals surface area contributed by atoms with Gasteiger partial charge in [-0.1, -0.05) is 20.8 Å². The van der Waals surface area contributed by atoms with Gasteiger partial charge in [0.25, 0.3) is 0 Å². The molecule has 0 radical (unpaired) electrons. The van der Waals surface area contributed by atoms with Crippen molar-refractivity contribution in [2.45, 2.75) is 39.2 Å². The van der Waals surface area contributed by atoms with Gasteiger partial charge in [0.05, 0.1) is 7.11 Å². The first-order chi connectivity index (χ1) is 9.32. The van der Waals surface area contributed by atoms with Crippen molar-refractivity contribution in [2.24, 2.45) is 0 Å². The minimum Gasteiger partial charge on any atom is -0.496 e. The molecule has 1 aliphatic rings. The maximum Gasteiger partial charge on any atom is 0.122 e. The summed E-state index contributed by atoms with van der Waals surface area (Å²) >= 11 is 0. The summed E-state index contributed by atoms with van der Waals surface area (Å²) < 4.78 is 5.59. The Labute approximate surface area is 123 Å². The highest BCUT2D eigenvalue weighted by Crippen LogP contribution is 2.35. The van der Waals surface area contributed by atoms with Crippen molar-refractivity contribution in [1.82, 2.24) is 10.2 Å². The number of rotatable bonds is 2. The molecule has 1 aromatic rings. The smallest absolute Gasteiger partial charge is 0.122 e. The predicted molar refractivity (Wildman–Crippen MR) is 84.7 cm³/mol. The molecular formula is C17H28N2O. The van der Waals surface area contributed by atoms with Gasteiger partial charge < -0.3 is 15.0 Å². The highest BCUT2D eigenvalue weighted by Gasteiger charge is 2.25. The lowest BCUT2D eigenvalue weighted by atomic mass is 9.83. The normalized spacial score (nSPS) is 21.0. The Bertz CT molecular complexity index is 477. The molecule has 1 fully saturated rings. The third-order valence-electron chi connectivity index (χ3n) is 4.15. The van der Waals surface area contributed by atoms with Gasteiger partial charge in [0, 0.05) is 25.7 Å². The molecule has 1 heterocycles. The summed E-state index contributed by atoms with van der Waals surface area (Å²) in [6, 6.07) is 4.94. The van der Waals surface area contributed by atoms with Gasteiger partial charge in [0.2, 0.25) is 0 Å². The third-order valence-corrected chi connectivity index (χ3v) is 4.15. The van der Waals surface area contributed by atoms with Crippen LogP contribution in [-0.4, -0.2) is 38.7 Å². The van der Waals surface area contributed by atoms with Crippen LogP contribution in [0.1, 0.15) is 43.5 Å².